The summed E-state index contributed by atoms with van der Waals surface area (Å²) in [6.07, 6.45) is -4.16. The predicted octanol–water partition coefficient (Wildman–Crippen LogP) is 3.43. The Kier molecular flexibility index (Phi) is 6.74. The van der Waals surface area contributed by atoms with E-state index >= 15 is 0 Å². The number of hydrogen-bond acceptors (Lipinski definition) is 3. The summed E-state index contributed by atoms with van der Waals surface area (Å²) in [7, 11) is 0. The molecule has 0 saturated carbocycles. The zero-order valence-electron chi connectivity index (χ0n) is 12.3. The maximum absolute atomic E-state index is 13.4. The molecule has 1 rings (SSSR count). The van der Waals surface area contributed by atoms with Gasteiger partial charge in [-0.15, -0.1) is 0 Å². The fraction of sp³-hybridized carbons (Fsp3) is 0.533. The van der Waals surface area contributed by atoms with Gasteiger partial charge in [-0.05, 0) is 36.8 Å². The van der Waals surface area contributed by atoms with E-state index in [-0.39, 0.29) is 24.2 Å². The number of hydrogen-bond donors (Lipinski definition) is 2. The molecule has 2 atom stereocenters. The normalized spacial score (nSPS) is 16.0. The maximum atomic E-state index is 13.4. The number of thioether (sulfide) groups is 1. The summed E-state index contributed by atoms with van der Waals surface area (Å²) < 4.78 is 40.3. The minimum atomic E-state index is -4.34. The number of benzene rings is 1. The minimum Gasteiger partial charge on any atom is -0.480 e. The van der Waals surface area contributed by atoms with E-state index in [0.717, 1.165) is 0 Å². The van der Waals surface area contributed by atoms with Crippen LogP contribution in [0.15, 0.2) is 30.3 Å². The fourth-order valence-corrected chi connectivity index (χ4v) is 3.15. The van der Waals surface area contributed by atoms with Crippen LogP contribution in [0.3, 0.4) is 0 Å². The van der Waals surface area contributed by atoms with Crippen LogP contribution >= 0.6 is 11.8 Å². The van der Waals surface area contributed by atoms with Crippen LogP contribution in [0.1, 0.15) is 25.3 Å². The van der Waals surface area contributed by atoms with Crippen molar-refractivity contribution in [2.75, 3.05) is 11.5 Å². The van der Waals surface area contributed by atoms with Crippen LogP contribution in [0, 0.1) is 0 Å². The predicted molar refractivity (Wildman–Crippen MR) is 82.0 cm³/mol. The highest BCUT2D eigenvalue weighted by atomic mass is 32.2. The second-order valence-electron chi connectivity index (χ2n) is 5.29. The van der Waals surface area contributed by atoms with Crippen molar-refractivity contribution in [3.8, 4) is 0 Å². The smallest absolute Gasteiger partial charge is 0.398 e. The third-order valence-electron chi connectivity index (χ3n) is 3.67. The molecule has 0 radical (unpaired) electrons. The molecule has 0 saturated heterocycles. The zero-order valence-corrected chi connectivity index (χ0v) is 13.1. The van der Waals surface area contributed by atoms with Gasteiger partial charge in [0.15, 0.2) is 0 Å². The molecule has 3 N–H and O–H groups in total. The van der Waals surface area contributed by atoms with Crippen LogP contribution in [0.2, 0.25) is 0 Å². The van der Waals surface area contributed by atoms with Crippen LogP contribution < -0.4 is 5.73 Å². The number of carbonyl (C=O) groups is 1. The standard InChI is InChI=1S/C15H20F3NO2S/c1-14(15(16,17)18,11-5-3-2-4-6-11)8-10-22-9-7-12(19)13(20)21/h2-6,12H,7-10,19H2,1H3,(H,20,21). The molecule has 0 bridgehead atoms. The van der Waals surface area contributed by atoms with Gasteiger partial charge in [0, 0.05) is 0 Å². The quantitative estimate of drug-likeness (QED) is 0.715. The highest BCUT2D eigenvalue weighted by molar-refractivity contribution is 7.99. The van der Waals surface area contributed by atoms with E-state index in [1.54, 1.807) is 18.2 Å². The summed E-state index contributed by atoms with van der Waals surface area (Å²) in [6.45, 7) is 1.20. The molecule has 0 amide bonds. The van der Waals surface area contributed by atoms with Gasteiger partial charge < -0.3 is 10.8 Å². The lowest BCUT2D eigenvalue weighted by atomic mass is 9.79. The third-order valence-corrected chi connectivity index (χ3v) is 4.69. The SMILES string of the molecule is CC(CCSCCC(N)C(=O)O)(c1ccccc1)C(F)(F)F. The molecule has 22 heavy (non-hydrogen) atoms. The van der Waals surface area contributed by atoms with Gasteiger partial charge in [0.2, 0.25) is 0 Å². The topological polar surface area (TPSA) is 63.3 Å². The summed E-state index contributed by atoms with van der Waals surface area (Å²) in [5.41, 5.74) is 3.69. The van der Waals surface area contributed by atoms with Crippen LogP contribution in [0.25, 0.3) is 0 Å². The molecule has 0 heterocycles. The Balaban J connectivity index is 2.60. The van der Waals surface area contributed by atoms with Gasteiger partial charge in [-0.25, -0.2) is 0 Å². The van der Waals surface area contributed by atoms with Gasteiger partial charge in [-0.1, -0.05) is 30.3 Å². The van der Waals surface area contributed by atoms with Crippen molar-refractivity contribution in [1.29, 1.82) is 0 Å². The van der Waals surface area contributed by atoms with E-state index in [9.17, 15) is 18.0 Å². The molecular weight excluding hydrogens is 315 g/mol. The summed E-state index contributed by atoms with van der Waals surface area (Å²) in [6, 6.07) is 6.88. The molecule has 0 spiro atoms. The molecule has 1 aromatic rings. The number of halogens is 3. The van der Waals surface area contributed by atoms with E-state index in [0.29, 0.717) is 5.75 Å². The molecule has 0 aromatic heterocycles. The lowest BCUT2D eigenvalue weighted by Gasteiger charge is -2.32. The van der Waals surface area contributed by atoms with Crippen molar-refractivity contribution in [2.45, 2.75) is 37.4 Å². The third kappa shape index (κ3) is 4.91. The molecule has 0 aliphatic heterocycles. The first kappa shape index (κ1) is 18.8. The van der Waals surface area contributed by atoms with E-state index in [4.69, 9.17) is 10.8 Å². The largest absolute Gasteiger partial charge is 0.480 e. The fourth-order valence-electron chi connectivity index (χ4n) is 1.97. The molecular formula is C15H20F3NO2S. The molecule has 3 nitrogen and oxygen atoms in total. The Hall–Kier alpha value is -1.21. The van der Waals surface area contributed by atoms with Crippen molar-refractivity contribution in [1.82, 2.24) is 0 Å². The average molecular weight is 335 g/mol. The Morgan fingerprint density at radius 3 is 2.36 bits per heavy atom. The first-order valence-corrected chi connectivity index (χ1v) is 8.02. The van der Waals surface area contributed by atoms with Crippen molar-refractivity contribution in [3.63, 3.8) is 0 Å². The molecule has 1 aromatic carbocycles. The van der Waals surface area contributed by atoms with E-state index < -0.39 is 23.6 Å². The van der Waals surface area contributed by atoms with Gasteiger partial charge in [-0.2, -0.15) is 24.9 Å². The van der Waals surface area contributed by atoms with Crippen molar-refractivity contribution in [2.24, 2.45) is 5.73 Å². The monoisotopic (exact) mass is 335 g/mol. The highest BCUT2D eigenvalue weighted by Crippen LogP contribution is 2.44. The molecule has 2 unspecified atom stereocenters. The van der Waals surface area contributed by atoms with Gasteiger partial charge >= 0.3 is 12.1 Å². The van der Waals surface area contributed by atoms with Crippen molar-refractivity contribution < 1.29 is 23.1 Å². The number of carboxylic acids is 1. The van der Waals surface area contributed by atoms with Crippen LogP contribution in [-0.4, -0.2) is 34.8 Å². The Labute approximate surface area is 132 Å². The summed E-state index contributed by atoms with van der Waals surface area (Å²) in [4.78, 5) is 10.6. The van der Waals surface area contributed by atoms with Crippen molar-refractivity contribution in [3.05, 3.63) is 35.9 Å². The first-order valence-electron chi connectivity index (χ1n) is 6.87. The summed E-state index contributed by atoms with van der Waals surface area (Å²) >= 11 is 1.29. The molecule has 0 aliphatic carbocycles. The maximum Gasteiger partial charge on any atom is 0.398 e. The number of nitrogens with two attached hydrogens (primary N) is 1. The summed E-state index contributed by atoms with van der Waals surface area (Å²) in [5.74, 6) is -0.377. The highest BCUT2D eigenvalue weighted by Gasteiger charge is 2.51. The Bertz CT molecular complexity index is 481. The average Bonchev–Trinajstić information content (AvgIpc) is 2.46. The number of aliphatic carboxylic acids is 1. The lowest BCUT2D eigenvalue weighted by Crippen LogP contribution is -2.40. The van der Waals surface area contributed by atoms with Gasteiger partial charge in [-0.3, -0.25) is 4.79 Å². The lowest BCUT2D eigenvalue weighted by molar-refractivity contribution is -0.186. The van der Waals surface area contributed by atoms with Crippen molar-refractivity contribution >= 4 is 17.7 Å². The Morgan fingerprint density at radius 2 is 1.86 bits per heavy atom. The molecule has 0 aliphatic rings. The number of alkyl halides is 3. The second-order valence-corrected chi connectivity index (χ2v) is 6.52. The number of rotatable bonds is 8. The van der Waals surface area contributed by atoms with Crippen LogP contribution in [-0.2, 0) is 10.2 Å². The summed E-state index contributed by atoms with van der Waals surface area (Å²) in [5, 5.41) is 8.64. The number of carboxylic acid groups (broad SMARTS) is 1. The van der Waals surface area contributed by atoms with E-state index in [2.05, 4.69) is 0 Å². The van der Waals surface area contributed by atoms with Gasteiger partial charge in [0.25, 0.3) is 0 Å². The van der Waals surface area contributed by atoms with Gasteiger partial charge in [0.1, 0.15) is 6.04 Å². The molecule has 0 fully saturated rings. The second kappa shape index (κ2) is 7.87. The van der Waals surface area contributed by atoms with E-state index in [1.165, 1.54) is 30.8 Å². The van der Waals surface area contributed by atoms with Gasteiger partial charge in [0.05, 0.1) is 5.41 Å². The zero-order chi connectivity index (χ0) is 16.8. The minimum absolute atomic E-state index is 0.0620. The molecule has 7 heteroatoms. The van der Waals surface area contributed by atoms with Crippen LogP contribution in [0.5, 0.6) is 0 Å². The molecule has 124 valence electrons. The van der Waals surface area contributed by atoms with Crippen LogP contribution in [0.4, 0.5) is 13.2 Å². The van der Waals surface area contributed by atoms with E-state index in [1.807, 2.05) is 0 Å². The first-order chi connectivity index (χ1) is 10.2. The Morgan fingerprint density at radius 1 is 1.27 bits per heavy atom.